The van der Waals surface area contributed by atoms with Crippen molar-refractivity contribution < 1.29 is 4.79 Å². The molecule has 28 heavy (non-hydrogen) atoms. The first-order valence-electron chi connectivity index (χ1n) is 9.13. The van der Waals surface area contributed by atoms with E-state index in [4.69, 9.17) is 11.6 Å². The van der Waals surface area contributed by atoms with Gasteiger partial charge in [0, 0.05) is 23.2 Å². The van der Waals surface area contributed by atoms with Gasteiger partial charge in [-0.1, -0.05) is 68.4 Å². The maximum absolute atomic E-state index is 12.8. The van der Waals surface area contributed by atoms with E-state index < -0.39 is 0 Å². The Bertz CT molecular complexity index is 973. The van der Waals surface area contributed by atoms with Crippen LogP contribution in [0.2, 0.25) is 5.02 Å². The van der Waals surface area contributed by atoms with Gasteiger partial charge in [0.05, 0.1) is 5.25 Å². The highest BCUT2D eigenvalue weighted by molar-refractivity contribution is 8.00. The first-order valence-corrected chi connectivity index (χ1v) is 10.4. The molecule has 3 rings (SSSR count). The zero-order valence-corrected chi connectivity index (χ0v) is 18.3. The maximum atomic E-state index is 12.8. The number of carbonyl (C=O) groups excluding carboxylic acids is 1. The van der Waals surface area contributed by atoms with Gasteiger partial charge in [0.25, 0.3) is 0 Å². The number of ketones is 1. The molecule has 146 valence electrons. The Balaban J connectivity index is 1.75. The molecular weight excluding hydrogens is 390 g/mol. The Morgan fingerprint density at radius 3 is 2.21 bits per heavy atom. The molecule has 2 aromatic carbocycles. The van der Waals surface area contributed by atoms with Crippen molar-refractivity contribution in [2.75, 3.05) is 0 Å². The lowest BCUT2D eigenvalue weighted by atomic mass is 9.86. The maximum Gasteiger partial charge on any atom is 0.191 e. The van der Waals surface area contributed by atoms with Crippen molar-refractivity contribution in [2.24, 2.45) is 7.05 Å². The summed E-state index contributed by atoms with van der Waals surface area (Å²) in [5.74, 6) is 0.829. The number of rotatable bonds is 5. The van der Waals surface area contributed by atoms with Crippen molar-refractivity contribution in [3.63, 3.8) is 0 Å². The SMILES string of the molecule is C[C@H](Sc1nnc(-c2ccc(Cl)cc2)n1C)C(=O)c1ccc(C(C)(C)C)cc1. The zero-order chi connectivity index (χ0) is 20.5. The van der Waals surface area contributed by atoms with E-state index in [-0.39, 0.29) is 16.4 Å². The summed E-state index contributed by atoms with van der Waals surface area (Å²) < 4.78 is 1.90. The molecule has 0 N–H and O–H groups in total. The van der Waals surface area contributed by atoms with Crippen LogP contribution in [0.5, 0.6) is 0 Å². The molecule has 0 amide bonds. The summed E-state index contributed by atoms with van der Waals surface area (Å²) in [7, 11) is 1.90. The highest BCUT2D eigenvalue weighted by Crippen LogP contribution is 2.29. The fourth-order valence-electron chi connectivity index (χ4n) is 2.85. The molecule has 0 spiro atoms. The molecule has 4 nitrogen and oxygen atoms in total. The Hall–Kier alpha value is -2.11. The topological polar surface area (TPSA) is 47.8 Å². The van der Waals surface area contributed by atoms with Gasteiger partial charge in [-0.15, -0.1) is 10.2 Å². The van der Waals surface area contributed by atoms with Gasteiger partial charge in [0.2, 0.25) is 0 Å². The molecule has 0 saturated carbocycles. The van der Waals surface area contributed by atoms with Gasteiger partial charge in [0.1, 0.15) is 0 Å². The summed E-state index contributed by atoms with van der Waals surface area (Å²) in [5.41, 5.74) is 2.93. The Kier molecular flexibility index (Phi) is 5.96. The summed E-state index contributed by atoms with van der Waals surface area (Å²) in [6.07, 6.45) is 0. The molecule has 6 heteroatoms. The van der Waals surface area contributed by atoms with Crippen molar-refractivity contribution in [1.82, 2.24) is 14.8 Å². The molecule has 0 aliphatic carbocycles. The molecule has 0 saturated heterocycles. The molecule has 0 bridgehead atoms. The van der Waals surface area contributed by atoms with E-state index in [0.29, 0.717) is 15.7 Å². The molecular formula is C22H24ClN3OS. The van der Waals surface area contributed by atoms with Crippen LogP contribution < -0.4 is 0 Å². The summed E-state index contributed by atoms with van der Waals surface area (Å²) in [6, 6.07) is 15.4. The Morgan fingerprint density at radius 1 is 1.04 bits per heavy atom. The second kappa shape index (κ2) is 8.10. The molecule has 1 aromatic heterocycles. The number of hydrogen-bond donors (Lipinski definition) is 0. The number of carbonyl (C=O) groups is 1. The van der Waals surface area contributed by atoms with Crippen LogP contribution >= 0.6 is 23.4 Å². The van der Waals surface area contributed by atoms with Crippen molar-refractivity contribution in [2.45, 2.75) is 43.5 Å². The Labute approximate surface area is 175 Å². The summed E-state index contributed by atoms with van der Waals surface area (Å²) in [6.45, 7) is 8.39. The van der Waals surface area contributed by atoms with Crippen LogP contribution in [-0.4, -0.2) is 25.8 Å². The molecule has 3 aromatic rings. The van der Waals surface area contributed by atoms with Crippen LogP contribution in [0.4, 0.5) is 0 Å². The van der Waals surface area contributed by atoms with E-state index in [1.807, 2.05) is 67.1 Å². The largest absolute Gasteiger partial charge is 0.305 e. The summed E-state index contributed by atoms with van der Waals surface area (Å²) >= 11 is 7.37. The summed E-state index contributed by atoms with van der Waals surface area (Å²) in [4.78, 5) is 12.8. The lowest BCUT2D eigenvalue weighted by Crippen LogP contribution is -2.16. The second-order valence-electron chi connectivity index (χ2n) is 7.82. The number of thioether (sulfide) groups is 1. The van der Waals surface area contributed by atoms with E-state index >= 15 is 0 Å². The number of aromatic nitrogens is 3. The highest BCUT2D eigenvalue weighted by Gasteiger charge is 2.21. The molecule has 0 unspecified atom stereocenters. The van der Waals surface area contributed by atoms with Crippen LogP contribution in [0.25, 0.3) is 11.4 Å². The standard InChI is InChI=1S/C22H24ClN3OS/c1-14(19(27)15-6-10-17(11-7-15)22(2,3)4)28-21-25-24-20(26(21)5)16-8-12-18(23)13-9-16/h6-14H,1-5H3/t14-/m0/s1. The molecule has 1 heterocycles. The summed E-state index contributed by atoms with van der Waals surface area (Å²) in [5, 5.41) is 9.67. The lowest BCUT2D eigenvalue weighted by Gasteiger charge is -2.19. The first kappa shape index (κ1) is 20.6. The van der Waals surface area contributed by atoms with Gasteiger partial charge in [-0.05, 0) is 42.2 Å². The van der Waals surface area contributed by atoms with Crippen molar-refractivity contribution in [3.8, 4) is 11.4 Å². The van der Waals surface area contributed by atoms with E-state index in [2.05, 4.69) is 31.0 Å². The molecule has 0 fully saturated rings. The van der Waals surface area contributed by atoms with Gasteiger partial charge in [-0.25, -0.2) is 0 Å². The third-order valence-electron chi connectivity index (χ3n) is 4.62. The van der Waals surface area contributed by atoms with Gasteiger partial charge in [-0.2, -0.15) is 0 Å². The predicted molar refractivity (Wildman–Crippen MR) is 116 cm³/mol. The normalized spacial score (nSPS) is 12.8. The monoisotopic (exact) mass is 413 g/mol. The van der Waals surface area contributed by atoms with E-state index in [1.165, 1.54) is 17.3 Å². The van der Waals surface area contributed by atoms with Gasteiger partial charge in [-0.3, -0.25) is 4.79 Å². The minimum atomic E-state index is -0.263. The van der Waals surface area contributed by atoms with Crippen LogP contribution in [0, 0.1) is 0 Å². The van der Waals surface area contributed by atoms with Crippen LogP contribution in [0.1, 0.15) is 43.6 Å². The number of halogens is 1. The number of Topliss-reactive ketones (excluding diaryl/α,β-unsaturated/α-hetero) is 1. The van der Waals surface area contributed by atoms with Crippen molar-refractivity contribution in [1.29, 1.82) is 0 Å². The third kappa shape index (κ3) is 4.47. The third-order valence-corrected chi connectivity index (χ3v) is 6.01. The van der Waals surface area contributed by atoms with Crippen LogP contribution in [0.3, 0.4) is 0 Å². The zero-order valence-electron chi connectivity index (χ0n) is 16.7. The number of hydrogen-bond acceptors (Lipinski definition) is 4. The van der Waals surface area contributed by atoms with E-state index in [9.17, 15) is 4.79 Å². The van der Waals surface area contributed by atoms with Gasteiger partial charge < -0.3 is 4.57 Å². The number of nitrogens with zero attached hydrogens (tertiary/aromatic N) is 3. The first-order chi connectivity index (χ1) is 13.2. The highest BCUT2D eigenvalue weighted by atomic mass is 35.5. The lowest BCUT2D eigenvalue weighted by molar-refractivity contribution is 0.0994. The number of benzene rings is 2. The molecule has 0 radical (unpaired) electrons. The second-order valence-corrected chi connectivity index (χ2v) is 9.57. The minimum absolute atomic E-state index is 0.0681. The van der Waals surface area contributed by atoms with Crippen molar-refractivity contribution >= 4 is 29.1 Å². The quantitative estimate of drug-likeness (QED) is 0.392. The Morgan fingerprint density at radius 2 is 1.64 bits per heavy atom. The fourth-order valence-corrected chi connectivity index (χ4v) is 3.87. The van der Waals surface area contributed by atoms with E-state index in [1.54, 1.807) is 0 Å². The van der Waals surface area contributed by atoms with Gasteiger partial charge >= 0.3 is 0 Å². The van der Waals surface area contributed by atoms with Crippen molar-refractivity contribution in [3.05, 3.63) is 64.7 Å². The average molecular weight is 414 g/mol. The van der Waals surface area contributed by atoms with E-state index in [0.717, 1.165) is 11.4 Å². The molecule has 0 aliphatic rings. The predicted octanol–water partition coefficient (Wildman–Crippen LogP) is 5.80. The van der Waals surface area contributed by atoms with Gasteiger partial charge in [0.15, 0.2) is 16.8 Å². The average Bonchev–Trinajstić information content (AvgIpc) is 3.01. The molecule has 0 aliphatic heterocycles. The smallest absolute Gasteiger partial charge is 0.191 e. The fraction of sp³-hybridized carbons (Fsp3) is 0.318. The molecule has 1 atom stereocenters. The minimum Gasteiger partial charge on any atom is -0.305 e. The van der Waals surface area contributed by atoms with Crippen LogP contribution in [-0.2, 0) is 12.5 Å². The van der Waals surface area contributed by atoms with Crippen LogP contribution in [0.15, 0.2) is 53.7 Å².